The van der Waals surface area contributed by atoms with Crippen molar-refractivity contribution in [2.24, 2.45) is 5.92 Å². The molecule has 0 aliphatic heterocycles. The zero-order valence-electron chi connectivity index (χ0n) is 9.65. The molecule has 1 aliphatic carbocycles. The van der Waals surface area contributed by atoms with E-state index in [1.807, 2.05) is 30.0 Å². The topological polar surface area (TPSA) is 23.8 Å². The average Bonchev–Trinajstić information content (AvgIpc) is 2.30. The van der Waals surface area contributed by atoms with Crippen LogP contribution in [0.15, 0.2) is 29.2 Å². The number of rotatable bonds is 2. The SMILES string of the molecule is CC1CCCC(Sc2ccccc2C#N)C1. The summed E-state index contributed by atoms with van der Waals surface area (Å²) in [6.07, 6.45) is 5.31. The van der Waals surface area contributed by atoms with E-state index in [1.165, 1.54) is 25.7 Å². The molecule has 2 heteroatoms. The van der Waals surface area contributed by atoms with Crippen LogP contribution in [0, 0.1) is 17.2 Å². The van der Waals surface area contributed by atoms with E-state index >= 15 is 0 Å². The number of benzene rings is 1. The second-order valence-electron chi connectivity index (χ2n) is 4.62. The van der Waals surface area contributed by atoms with Gasteiger partial charge in [0.15, 0.2) is 0 Å². The first kappa shape index (κ1) is 11.5. The fourth-order valence-electron chi connectivity index (χ4n) is 2.33. The Morgan fingerprint density at radius 3 is 2.88 bits per heavy atom. The van der Waals surface area contributed by atoms with Crippen molar-refractivity contribution in [3.8, 4) is 6.07 Å². The molecule has 0 bridgehead atoms. The molecular weight excluding hydrogens is 214 g/mol. The van der Waals surface area contributed by atoms with Gasteiger partial charge >= 0.3 is 0 Å². The highest BCUT2D eigenvalue weighted by atomic mass is 32.2. The molecule has 0 aromatic heterocycles. The zero-order chi connectivity index (χ0) is 11.4. The summed E-state index contributed by atoms with van der Waals surface area (Å²) in [4.78, 5) is 1.16. The Balaban J connectivity index is 2.06. The number of hydrogen-bond acceptors (Lipinski definition) is 2. The van der Waals surface area contributed by atoms with Gasteiger partial charge in [-0.15, -0.1) is 11.8 Å². The standard InChI is InChI=1S/C14H17NS/c1-11-5-4-7-13(9-11)16-14-8-3-2-6-12(14)10-15/h2-3,6,8,11,13H,4-5,7,9H2,1H3. The maximum absolute atomic E-state index is 9.04. The third-order valence-electron chi connectivity index (χ3n) is 3.19. The Kier molecular flexibility index (Phi) is 3.90. The van der Waals surface area contributed by atoms with Crippen molar-refractivity contribution in [2.45, 2.75) is 42.8 Å². The fraction of sp³-hybridized carbons (Fsp3) is 0.500. The molecular formula is C14H17NS. The van der Waals surface area contributed by atoms with Crippen LogP contribution in [0.5, 0.6) is 0 Å². The van der Waals surface area contributed by atoms with E-state index in [-0.39, 0.29) is 0 Å². The third kappa shape index (κ3) is 2.80. The highest BCUT2D eigenvalue weighted by Crippen LogP contribution is 2.37. The summed E-state index contributed by atoms with van der Waals surface area (Å²) < 4.78 is 0. The van der Waals surface area contributed by atoms with Gasteiger partial charge in [-0.2, -0.15) is 5.26 Å². The van der Waals surface area contributed by atoms with E-state index < -0.39 is 0 Å². The molecule has 0 spiro atoms. The zero-order valence-corrected chi connectivity index (χ0v) is 10.5. The summed E-state index contributed by atoms with van der Waals surface area (Å²) >= 11 is 1.90. The van der Waals surface area contributed by atoms with Crippen molar-refractivity contribution in [3.05, 3.63) is 29.8 Å². The number of nitriles is 1. The van der Waals surface area contributed by atoms with Crippen LogP contribution in [0.2, 0.25) is 0 Å². The Hall–Kier alpha value is -0.940. The van der Waals surface area contributed by atoms with Crippen molar-refractivity contribution >= 4 is 11.8 Å². The van der Waals surface area contributed by atoms with Gasteiger partial charge in [0, 0.05) is 10.1 Å². The van der Waals surface area contributed by atoms with Crippen molar-refractivity contribution < 1.29 is 0 Å². The Labute approximate surface area is 102 Å². The van der Waals surface area contributed by atoms with E-state index in [0.29, 0.717) is 5.25 Å². The molecule has 0 radical (unpaired) electrons. The predicted octanol–water partition coefficient (Wildman–Crippen LogP) is 4.23. The normalized spacial score (nSPS) is 25.0. The van der Waals surface area contributed by atoms with Crippen LogP contribution in [-0.2, 0) is 0 Å². The largest absolute Gasteiger partial charge is 0.192 e. The van der Waals surface area contributed by atoms with E-state index in [0.717, 1.165) is 16.4 Å². The first-order valence-electron chi connectivity index (χ1n) is 5.95. The quantitative estimate of drug-likeness (QED) is 0.760. The third-order valence-corrected chi connectivity index (χ3v) is 4.56. The smallest absolute Gasteiger partial charge is 0.100 e. The monoisotopic (exact) mass is 231 g/mol. The molecule has 1 aromatic carbocycles. The molecule has 1 saturated carbocycles. The van der Waals surface area contributed by atoms with Gasteiger partial charge in [-0.3, -0.25) is 0 Å². The lowest BCUT2D eigenvalue weighted by Gasteiger charge is -2.26. The molecule has 0 N–H and O–H groups in total. The maximum atomic E-state index is 9.04. The molecule has 2 atom stereocenters. The van der Waals surface area contributed by atoms with Gasteiger partial charge in [-0.25, -0.2) is 0 Å². The lowest BCUT2D eigenvalue weighted by Crippen LogP contribution is -2.15. The lowest BCUT2D eigenvalue weighted by atomic mass is 9.91. The molecule has 2 rings (SSSR count). The molecule has 1 aliphatic rings. The van der Waals surface area contributed by atoms with Crippen molar-refractivity contribution in [1.82, 2.24) is 0 Å². The number of nitrogens with zero attached hydrogens (tertiary/aromatic N) is 1. The Morgan fingerprint density at radius 1 is 1.31 bits per heavy atom. The van der Waals surface area contributed by atoms with E-state index in [9.17, 15) is 0 Å². The minimum atomic E-state index is 0.707. The van der Waals surface area contributed by atoms with Crippen molar-refractivity contribution in [1.29, 1.82) is 5.26 Å². The minimum Gasteiger partial charge on any atom is -0.192 e. The summed E-state index contributed by atoms with van der Waals surface area (Å²) in [5.41, 5.74) is 0.825. The molecule has 0 heterocycles. The first-order valence-corrected chi connectivity index (χ1v) is 6.83. The summed E-state index contributed by atoms with van der Waals surface area (Å²) in [6, 6.07) is 10.2. The molecule has 1 aromatic rings. The predicted molar refractivity (Wildman–Crippen MR) is 68.4 cm³/mol. The van der Waals surface area contributed by atoms with Gasteiger partial charge in [0.2, 0.25) is 0 Å². The summed E-state index contributed by atoms with van der Waals surface area (Å²) in [6.45, 7) is 2.34. The van der Waals surface area contributed by atoms with Gasteiger partial charge < -0.3 is 0 Å². The Bertz CT molecular complexity index is 394. The molecule has 84 valence electrons. The van der Waals surface area contributed by atoms with E-state index in [2.05, 4.69) is 19.1 Å². The van der Waals surface area contributed by atoms with Gasteiger partial charge in [-0.1, -0.05) is 31.9 Å². The molecule has 2 unspecified atom stereocenters. The Morgan fingerprint density at radius 2 is 2.12 bits per heavy atom. The van der Waals surface area contributed by atoms with Crippen molar-refractivity contribution in [3.63, 3.8) is 0 Å². The summed E-state index contributed by atoms with van der Waals surface area (Å²) in [5, 5.41) is 9.74. The van der Waals surface area contributed by atoms with Gasteiger partial charge in [0.1, 0.15) is 6.07 Å². The van der Waals surface area contributed by atoms with E-state index in [4.69, 9.17) is 5.26 Å². The average molecular weight is 231 g/mol. The van der Waals surface area contributed by atoms with E-state index in [1.54, 1.807) is 0 Å². The maximum Gasteiger partial charge on any atom is 0.100 e. The van der Waals surface area contributed by atoms with Gasteiger partial charge in [-0.05, 0) is 30.9 Å². The van der Waals surface area contributed by atoms with Gasteiger partial charge in [0.25, 0.3) is 0 Å². The van der Waals surface area contributed by atoms with Crippen LogP contribution < -0.4 is 0 Å². The van der Waals surface area contributed by atoms with Crippen LogP contribution in [-0.4, -0.2) is 5.25 Å². The van der Waals surface area contributed by atoms with Crippen LogP contribution in [0.3, 0.4) is 0 Å². The summed E-state index contributed by atoms with van der Waals surface area (Å²) in [5.74, 6) is 0.848. The molecule has 0 saturated heterocycles. The second-order valence-corrected chi connectivity index (χ2v) is 5.96. The van der Waals surface area contributed by atoms with Crippen LogP contribution >= 0.6 is 11.8 Å². The number of thioether (sulfide) groups is 1. The lowest BCUT2D eigenvalue weighted by molar-refractivity contribution is 0.394. The number of hydrogen-bond donors (Lipinski definition) is 0. The van der Waals surface area contributed by atoms with Crippen LogP contribution in [0.25, 0.3) is 0 Å². The fourth-order valence-corrected chi connectivity index (χ4v) is 3.79. The molecule has 1 nitrogen and oxygen atoms in total. The second kappa shape index (κ2) is 5.41. The van der Waals surface area contributed by atoms with Crippen LogP contribution in [0.1, 0.15) is 38.2 Å². The summed E-state index contributed by atoms with van der Waals surface area (Å²) in [7, 11) is 0. The first-order chi connectivity index (χ1) is 7.79. The van der Waals surface area contributed by atoms with Crippen molar-refractivity contribution in [2.75, 3.05) is 0 Å². The molecule has 0 amide bonds. The minimum absolute atomic E-state index is 0.707. The molecule has 16 heavy (non-hydrogen) atoms. The van der Waals surface area contributed by atoms with Crippen LogP contribution in [0.4, 0.5) is 0 Å². The highest BCUT2D eigenvalue weighted by Gasteiger charge is 2.20. The van der Waals surface area contributed by atoms with Gasteiger partial charge in [0.05, 0.1) is 5.56 Å². The molecule has 1 fully saturated rings. The highest BCUT2D eigenvalue weighted by molar-refractivity contribution is 8.00.